The van der Waals surface area contributed by atoms with E-state index in [4.69, 9.17) is 0 Å². The van der Waals surface area contributed by atoms with Crippen LogP contribution in [-0.4, -0.2) is 50.5 Å². The van der Waals surface area contributed by atoms with E-state index in [1.54, 1.807) is 24.0 Å². The van der Waals surface area contributed by atoms with Crippen LogP contribution < -0.4 is 9.62 Å². The van der Waals surface area contributed by atoms with Gasteiger partial charge < -0.3 is 10.2 Å². The maximum Gasteiger partial charge on any atom is 0.242 e. The van der Waals surface area contributed by atoms with Crippen molar-refractivity contribution in [2.24, 2.45) is 0 Å². The minimum Gasteiger partial charge on any atom is -0.355 e. The van der Waals surface area contributed by atoms with Crippen molar-refractivity contribution in [3.8, 4) is 0 Å². The van der Waals surface area contributed by atoms with Crippen LogP contribution in [0.3, 0.4) is 0 Å². The van der Waals surface area contributed by atoms with Gasteiger partial charge >= 0.3 is 0 Å². The lowest BCUT2D eigenvalue weighted by Crippen LogP contribution is -2.47. The summed E-state index contributed by atoms with van der Waals surface area (Å²) < 4.78 is 26.2. The molecule has 2 rings (SSSR count). The van der Waals surface area contributed by atoms with Gasteiger partial charge in [-0.1, -0.05) is 48.0 Å². The third-order valence-electron chi connectivity index (χ3n) is 5.49. The van der Waals surface area contributed by atoms with E-state index in [9.17, 15) is 18.0 Å². The highest BCUT2D eigenvalue weighted by Crippen LogP contribution is 2.23. The van der Waals surface area contributed by atoms with Crippen molar-refractivity contribution in [1.82, 2.24) is 10.2 Å². The molecule has 0 spiro atoms. The molecule has 0 radical (unpaired) electrons. The summed E-state index contributed by atoms with van der Waals surface area (Å²) in [6.45, 7) is 8.37. The second kappa shape index (κ2) is 11.8. The molecule has 0 aliphatic carbocycles. The van der Waals surface area contributed by atoms with E-state index < -0.39 is 16.1 Å². The molecule has 0 aliphatic rings. The minimum absolute atomic E-state index is 0.132. The van der Waals surface area contributed by atoms with Crippen LogP contribution in [0.1, 0.15) is 43.4 Å². The fourth-order valence-electron chi connectivity index (χ4n) is 3.74. The van der Waals surface area contributed by atoms with Crippen LogP contribution in [0, 0.1) is 13.8 Å². The molecule has 33 heavy (non-hydrogen) atoms. The average Bonchev–Trinajstić information content (AvgIpc) is 2.74. The third-order valence-corrected chi connectivity index (χ3v) is 6.67. The smallest absolute Gasteiger partial charge is 0.242 e. The largest absolute Gasteiger partial charge is 0.355 e. The molecular weight excluding hydrogens is 438 g/mol. The number of likely N-dealkylation sites (N-methyl/N-ethyl adjacent to an activating group) is 1. The number of carbonyl (C=O) groups is 2. The molecule has 2 aromatic rings. The van der Waals surface area contributed by atoms with Gasteiger partial charge in [0.25, 0.3) is 0 Å². The minimum atomic E-state index is -3.50. The number of amides is 2. The van der Waals surface area contributed by atoms with Crippen LogP contribution in [0.2, 0.25) is 0 Å². The molecule has 2 aromatic carbocycles. The molecule has 0 saturated carbocycles. The summed E-state index contributed by atoms with van der Waals surface area (Å²) in [6.07, 6.45) is 1.64. The number of para-hydroxylation sites is 1. The molecule has 0 bridgehead atoms. The normalized spacial score (nSPS) is 12.2. The zero-order chi connectivity index (χ0) is 24.6. The van der Waals surface area contributed by atoms with Crippen molar-refractivity contribution in [3.63, 3.8) is 0 Å². The fraction of sp³-hybridized carbons (Fsp3) is 0.440. The topological polar surface area (TPSA) is 86.8 Å². The summed E-state index contributed by atoms with van der Waals surface area (Å²) in [6, 6.07) is 14.5. The Labute approximate surface area is 197 Å². The predicted octanol–water partition coefficient (Wildman–Crippen LogP) is 3.40. The van der Waals surface area contributed by atoms with Gasteiger partial charge in [-0.25, -0.2) is 8.42 Å². The van der Waals surface area contributed by atoms with Crippen LogP contribution >= 0.6 is 0 Å². The molecule has 0 saturated heterocycles. The van der Waals surface area contributed by atoms with Gasteiger partial charge in [0.05, 0.1) is 11.9 Å². The van der Waals surface area contributed by atoms with Crippen LogP contribution in [0.5, 0.6) is 0 Å². The van der Waals surface area contributed by atoms with Crippen LogP contribution in [0.15, 0.2) is 48.5 Å². The highest BCUT2D eigenvalue weighted by Gasteiger charge is 2.26. The Morgan fingerprint density at radius 1 is 1.06 bits per heavy atom. The van der Waals surface area contributed by atoms with E-state index in [1.807, 2.05) is 57.2 Å². The molecule has 1 N–H and O–H groups in total. The zero-order valence-electron chi connectivity index (χ0n) is 20.2. The quantitative estimate of drug-likeness (QED) is 0.542. The van der Waals surface area contributed by atoms with E-state index in [1.165, 1.54) is 10.6 Å². The second-order valence-corrected chi connectivity index (χ2v) is 10.2. The first-order valence-corrected chi connectivity index (χ1v) is 13.1. The molecule has 1 atom stereocenters. The molecular formula is C25H35N3O4S. The van der Waals surface area contributed by atoms with Gasteiger partial charge in [-0.15, -0.1) is 0 Å². The number of hydrogen-bond donors (Lipinski definition) is 1. The Bertz CT molecular complexity index is 1070. The van der Waals surface area contributed by atoms with E-state index in [2.05, 4.69) is 5.32 Å². The summed E-state index contributed by atoms with van der Waals surface area (Å²) in [4.78, 5) is 27.3. The second-order valence-electron chi connectivity index (χ2n) is 8.31. The molecule has 0 aromatic heterocycles. The van der Waals surface area contributed by atoms with Crippen molar-refractivity contribution in [2.75, 3.05) is 23.7 Å². The maximum absolute atomic E-state index is 13.2. The van der Waals surface area contributed by atoms with Gasteiger partial charge in [-0.05, 0) is 51.3 Å². The number of nitrogens with one attached hydrogen (secondary N) is 1. The van der Waals surface area contributed by atoms with Crippen LogP contribution in [0.25, 0.3) is 0 Å². The number of hydrogen-bond acceptors (Lipinski definition) is 4. The standard InChI is InChI=1S/C25H35N3O4S/c1-6-26-25(30)21(4)27(18-22-13-9-11-19(2)17-22)24(29)15-10-16-28(33(5,31)32)23-14-8-7-12-20(23)3/h7-9,11-14,17,21H,6,10,15-16,18H2,1-5H3,(H,26,30). The van der Waals surface area contributed by atoms with Crippen molar-refractivity contribution in [2.45, 2.75) is 53.1 Å². The maximum atomic E-state index is 13.2. The lowest BCUT2D eigenvalue weighted by atomic mass is 10.1. The average molecular weight is 474 g/mol. The lowest BCUT2D eigenvalue weighted by molar-refractivity contribution is -0.140. The first kappa shape index (κ1) is 26.4. The molecule has 7 nitrogen and oxygen atoms in total. The summed E-state index contributed by atoms with van der Waals surface area (Å²) >= 11 is 0. The van der Waals surface area contributed by atoms with Gasteiger partial charge in [-0.2, -0.15) is 0 Å². The highest BCUT2D eigenvalue weighted by molar-refractivity contribution is 7.92. The Balaban J connectivity index is 2.16. The number of rotatable bonds is 11. The Kier molecular flexibility index (Phi) is 9.46. The Hall–Kier alpha value is -2.87. The van der Waals surface area contributed by atoms with Crippen LogP contribution in [-0.2, 0) is 26.2 Å². The van der Waals surface area contributed by atoms with Crippen molar-refractivity contribution in [1.29, 1.82) is 0 Å². The van der Waals surface area contributed by atoms with Gasteiger partial charge in [0.15, 0.2) is 0 Å². The number of benzene rings is 2. The molecule has 1 unspecified atom stereocenters. The van der Waals surface area contributed by atoms with E-state index in [0.717, 1.165) is 16.7 Å². The summed E-state index contributed by atoms with van der Waals surface area (Å²) in [5.41, 5.74) is 3.48. The monoisotopic (exact) mass is 473 g/mol. The molecule has 0 fully saturated rings. The molecule has 8 heteroatoms. The third kappa shape index (κ3) is 7.60. The first-order chi connectivity index (χ1) is 15.5. The Morgan fingerprint density at radius 3 is 2.36 bits per heavy atom. The molecule has 180 valence electrons. The van der Waals surface area contributed by atoms with Crippen molar-refractivity contribution >= 4 is 27.5 Å². The molecule has 2 amide bonds. The van der Waals surface area contributed by atoms with Gasteiger partial charge in [0.2, 0.25) is 21.8 Å². The molecule has 0 heterocycles. The van der Waals surface area contributed by atoms with E-state index in [-0.39, 0.29) is 24.8 Å². The number of carbonyl (C=O) groups excluding carboxylic acids is 2. The Morgan fingerprint density at radius 2 is 1.76 bits per heavy atom. The van der Waals surface area contributed by atoms with Crippen molar-refractivity contribution in [3.05, 3.63) is 65.2 Å². The fourth-order valence-corrected chi connectivity index (χ4v) is 4.76. The number of aryl methyl sites for hydroxylation is 2. The van der Waals surface area contributed by atoms with Crippen molar-refractivity contribution < 1.29 is 18.0 Å². The lowest BCUT2D eigenvalue weighted by Gasteiger charge is -2.29. The summed E-state index contributed by atoms with van der Waals surface area (Å²) in [5, 5.41) is 2.78. The number of sulfonamides is 1. The summed E-state index contributed by atoms with van der Waals surface area (Å²) in [5.74, 6) is -0.398. The number of nitrogens with zero attached hydrogens (tertiary/aromatic N) is 2. The van der Waals surface area contributed by atoms with E-state index in [0.29, 0.717) is 25.2 Å². The van der Waals surface area contributed by atoms with Gasteiger partial charge in [0.1, 0.15) is 6.04 Å². The summed E-state index contributed by atoms with van der Waals surface area (Å²) in [7, 11) is -3.50. The van der Waals surface area contributed by atoms with Crippen LogP contribution in [0.4, 0.5) is 5.69 Å². The zero-order valence-corrected chi connectivity index (χ0v) is 21.0. The molecule has 0 aliphatic heterocycles. The first-order valence-electron chi connectivity index (χ1n) is 11.2. The predicted molar refractivity (Wildman–Crippen MR) is 132 cm³/mol. The van der Waals surface area contributed by atoms with Gasteiger partial charge in [0, 0.05) is 26.1 Å². The highest BCUT2D eigenvalue weighted by atomic mass is 32.2. The van der Waals surface area contributed by atoms with E-state index >= 15 is 0 Å². The van der Waals surface area contributed by atoms with Gasteiger partial charge in [-0.3, -0.25) is 13.9 Å². The number of anilines is 1. The SMILES string of the molecule is CCNC(=O)C(C)N(Cc1cccc(C)c1)C(=O)CCCN(c1ccccc1C)S(C)(=O)=O.